The Hall–Kier alpha value is -8.01. The number of halogens is 13. The van der Waals surface area contributed by atoms with E-state index in [1.165, 1.54) is 48.0 Å². The van der Waals surface area contributed by atoms with Crippen molar-refractivity contribution >= 4 is 91.7 Å². The second-order valence-corrected chi connectivity index (χ2v) is 25.0. The van der Waals surface area contributed by atoms with E-state index in [9.17, 15) is 88.7 Å². The van der Waals surface area contributed by atoms with Gasteiger partial charge in [0.1, 0.15) is 23.6 Å². The Kier molecular flexibility index (Phi) is 20.3. The molecule has 0 bridgehead atoms. The van der Waals surface area contributed by atoms with Gasteiger partial charge in [-0.2, -0.15) is 45.2 Å². The number of thiazole rings is 2. The Balaban J connectivity index is 0.000000200. The molecule has 10 rings (SSSR count). The van der Waals surface area contributed by atoms with Crippen LogP contribution < -0.4 is 41.4 Å². The lowest BCUT2D eigenvalue weighted by molar-refractivity contribution is -0.275. The fraction of sp³-hybridized carbons (Fsp3) is 0.280. The first-order valence-corrected chi connectivity index (χ1v) is 30.0. The van der Waals surface area contributed by atoms with Crippen LogP contribution in [0.1, 0.15) is 22.3 Å². The lowest BCUT2D eigenvalue weighted by atomic mass is 10.1. The number of piperazine rings is 2. The van der Waals surface area contributed by atoms with Gasteiger partial charge in [0.25, 0.3) is 11.1 Å². The number of alkyl halides is 12. The monoisotopic (exact) mass is 1360 g/mol. The van der Waals surface area contributed by atoms with Crippen molar-refractivity contribution < 1.29 is 88.6 Å². The summed E-state index contributed by atoms with van der Waals surface area (Å²) in [7, 11) is -8.77. The van der Waals surface area contributed by atoms with Crippen LogP contribution in [0.25, 0.3) is 20.4 Å². The van der Waals surface area contributed by atoms with E-state index in [0.717, 1.165) is 68.5 Å². The molecule has 4 aromatic carbocycles. The number of rotatable bonds is 13. The van der Waals surface area contributed by atoms with E-state index in [1.807, 2.05) is 0 Å². The average Bonchev–Trinajstić information content (AvgIpc) is 2.43. The van der Waals surface area contributed by atoms with Gasteiger partial charge in [-0.15, -0.1) is 37.7 Å². The SMILES string of the molecule is O=C(NCc1ccc(OC(F)(F)F)cc1)[C@H]1CN(c2nc3c(=O)[nH]ncc3s2)CCN1S(=O)(=O)c1ccc(C(F)(F)F)cc1.O=C(NCc1ccc(OC(F)(F)F)cc1)[C@H]1CNCCN1S(=O)(=O)c1ccc(C(F)(F)F)cc1.O=c1[nH]ncc2sc(Cl)nc12. The zero-order valence-electron chi connectivity index (χ0n) is 44.5. The molecule has 0 unspecified atom stereocenters. The molecule has 0 saturated carbocycles. The van der Waals surface area contributed by atoms with Crippen molar-refractivity contribution in [3.63, 3.8) is 0 Å². The maximum atomic E-state index is 13.6. The molecule has 2 aliphatic heterocycles. The predicted octanol–water partition coefficient (Wildman–Crippen LogP) is 7.41. The molecule has 2 atom stereocenters. The van der Waals surface area contributed by atoms with Gasteiger partial charge in [0.15, 0.2) is 20.6 Å². The number of nitrogens with one attached hydrogen (secondary N) is 5. The van der Waals surface area contributed by atoms with Crippen LogP contribution in [0.15, 0.2) is 129 Å². The van der Waals surface area contributed by atoms with E-state index in [0.29, 0.717) is 59.9 Å². The third-order valence-corrected chi connectivity index (χ3v) is 18.6. The lowest BCUT2D eigenvalue weighted by Crippen LogP contribution is -2.60. The van der Waals surface area contributed by atoms with Gasteiger partial charge in [0.2, 0.25) is 31.9 Å². The third-order valence-electron chi connectivity index (χ3n) is 12.6. The highest BCUT2D eigenvalue weighted by Gasteiger charge is 2.43. The van der Waals surface area contributed by atoms with E-state index >= 15 is 0 Å². The maximum absolute atomic E-state index is 13.6. The van der Waals surface area contributed by atoms with Crippen molar-refractivity contribution in [3.8, 4) is 11.5 Å². The first kappa shape index (κ1) is 66.9. The molecule has 0 aliphatic carbocycles. The smallest absolute Gasteiger partial charge is 0.406 e. The van der Waals surface area contributed by atoms with Gasteiger partial charge in [0, 0.05) is 52.4 Å². The summed E-state index contributed by atoms with van der Waals surface area (Å²) >= 11 is 7.91. The first-order valence-electron chi connectivity index (χ1n) is 25.1. The minimum atomic E-state index is -4.89. The van der Waals surface area contributed by atoms with Gasteiger partial charge in [-0.05, 0) is 83.9 Å². The molecule has 2 saturated heterocycles. The second kappa shape index (κ2) is 27.0. The van der Waals surface area contributed by atoms with Crippen LogP contribution in [0.3, 0.4) is 0 Å². The average molecular weight is 1360 g/mol. The molecule has 4 aromatic heterocycles. The number of carbonyl (C=O) groups excluding carboxylic acids is 2. The first-order chi connectivity index (χ1) is 41.7. The molecule has 39 heteroatoms. The molecule has 8 aromatic rings. The third kappa shape index (κ3) is 17.2. The number of aromatic nitrogens is 6. The molecule has 0 spiro atoms. The Morgan fingerprint density at radius 1 is 0.584 bits per heavy atom. The van der Waals surface area contributed by atoms with Gasteiger partial charge >= 0.3 is 25.1 Å². The van der Waals surface area contributed by atoms with Crippen molar-refractivity contribution in [1.29, 1.82) is 0 Å². The molecule has 0 radical (unpaired) electrons. The largest absolute Gasteiger partial charge is 0.573 e. The van der Waals surface area contributed by atoms with E-state index in [-0.39, 0.29) is 68.3 Å². The number of nitrogens with zero attached hydrogens (tertiary/aromatic N) is 7. The minimum absolute atomic E-state index is 0.0233. The number of sulfonamides is 2. The standard InChI is InChI=1S/C25H20F6N6O5S2.C20H19F6N3O4S.C5H2ClN3OS/c26-24(27,28)15-3-7-17(8-4-15)44(40,41)37-10-9-36(23-34-20-19(43-23)12-33-35-22(20)39)13-18(37)21(38)32-11-14-1-5-16(6-2-14)42-25(29,30)31;21-19(22,23)14-3-7-16(8-4-14)34(31,32)29-10-9-27-12-17(29)18(30)28-11-13-1-5-15(6-2-13)33-20(24,25)26;6-5-8-3-2(11-5)1-7-9-4(3)10/h1-8,12,18H,9-11,13H2,(H,32,38)(H,35,39);1-8,17,27H,9-12H2,(H,28,30);1H,(H,9,10)/t18-;17-;/m11./s1. The van der Waals surface area contributed by atoms with Crippen molar-refractivity contribution in [2.45, 2.75) is 60.0 Å². The Morgan fingerprint density at radius 3 is 1.44 bits per heavy atom. The quantitative estimate of drug-likeness (QED) is 0.0703. The molecular formula is C50H41ClF12N12O10S4. The molecule has 2 amide bonds. The van der Waals surface area contributed by atoms with Gasteiger partial charge in [0.05, 0.1) is 42.7 Å². The van der Waals surface area contributed by atoms with Crippen LogP contribution in [0, 0.1) is 0 Å². The number of anilines is 1. The summed E-state index contributed by atoms with van der Waals surface area (Å²) < 4.78 is 216. The summed E-state index contributed by atoms with van der Waals surface area (Å²) in [5.74, 6) is -2.39. The maximum Gasteiger partial charge on any atom is 0.573 e. The predicted molar refractivity (Wildman–Crippen MR) is 294 cm³/mol. The van der Waals surface area contributed by atoms with Crippen LogP contribution in [-0.4, -0.2) is 132 Å². The van der Waals surface area contributed by atoms with Crippen LogP contribution >= 0.6 is 34.3 Å². The topological polar surface area (TPSA) is 284 Å². The number of hydrogen-bond donors (Lipinski definition) is 5. The summed E-state index contributed by atoms with van der Waals surface area (Å²) in [4.78, 5) is 58.1. The number of aromatic amines is 2. The zero-order valence-corrected chi connectivity index (χ0v) is 48.5. The van der Waals surface area contributed by atoms with Crippen molar-refractivity contribution in [2.75, 3.05) is 44.2 Å². The fourth-order valence-electron chi connectivity index (χ4n) is 8.44. The summed E-state index contributed by atoms with van der Waals surface area (Å²) in [6.07, 6.45) is -16.1. The number of ether oxygens (including phenoxy) is 2. The normalized spacial score (nSPS) is 16.4. The Morgan fingerprint density at radius 2 is 1.01 bits per heavy atom. The van der Waals surface area contributed by atoms with Crippen LogP contribution in [0.4, 0.5) is 57.8 Å². The summed E-state index contributed by atoms with van der Waals surface area (Å²) in [5.41, 5.74) is -1.65. The van der Waals surface area contributed by atoms with Crippen molar-refractivity contribution in [3.05, 3.63) is 157 Å². The number of carbonyl (C=O) groups is 2. The highest BCUT2D eigenvalue weighted by atomic mass is 35.5. The Labute approximate surface area is 505 Å². The second-order valence-electron chi connectivity index (χ2n) is 18.6. The molecule has 22 nitrogen and oxygen atoms in total. The van der Waals surface area contributed by atoms with Gasteiger partial charge in [-0.1, -0.05) is 47.2 Å². The Bertz CT molecular complexity index is 4160. The molecule has 476 valence electrons. The summed E-state index contributed by atoms with van der Waals surface area (Å²) in [6, 6.07) is 12.6. The van der Waals surface area contributed by atoms with Gasteiger partial charge in [-0.25, -0.2) is 37.0 Å². The number of H-pyrrole nitrogens is 2. The summed E-state index contributed by atoms with van der Waals surface area (Å²) in [5, 5.41) is 20.1. The van der Waals surface area contributed by atoms with Crippen LogP contribution in [-0.2, 0) is 55.1 Å². The van der Waals surface area contributed by atoms with Crippen LogP contribution in [0.2, 0.25) is 4.47 Å². The highest BCUT2D eigenvalue weighted by Crippen LogP contribution is 2.35. The van der Waals surface area contributed by atoms with Crippen molar-refractivity contribution in [1.82, 2.24) is 54.9 Å². The lowest BCUT2D eigenvalue weighted by Gasteiger charge is -2.39. The van der Waals surface area contributed by atoms with E-state index < -0.39 is 102 Å². The number of benzene rings is 4. The molecule has 5 N–H and O–H groups in total. The van der Waals surface area contributed by atoms with E-state index in [1.54, 1.807) is 4.90 Å². The minimum Gasteiger partial charge on any atom is -0.406 e. The molecule has 2 fully saturated rings. The zero-order chi connectivity index (χ0) is 64.9. The fourth-order valence-corrected chi connectivity index (χ4v) is 13.6. The van der Waals surface area contributed by atoms with Crippen molar-refractivity contribution in [2.24, 2.45) is 0 Å². The summed E-state index contributed by atoms with van der Waals surface area (Å²) in [6.45, 7) is -0.687. The van der Waals surface area contributed by atoms with Gasteiger partial charge < -0.3 is 30.3 Å². The molecular weight excluding hydrogens is 1320 g/mol. The number of amides is 2. The highest BCUT2D eigenvalue weighted by molar-refractivity contribution is 7.89. The molecule has 6 heterocycles. The van der Waals surface area contributed by atoms with E-state index in [2.05, 4.69) is 55.8 Å². The number of hydrogen-bond acceptors (Lipinski definition) is 18. The van der Waals surface area contributed by atoms with Crippen LogP contribution in [0.5, 0.6) is 11.5 Å². The molecule has 2 aliphatic rings. The number of fused-ring (bicyclic) bond motifs is 2. The van der Waals surface area contributed by atoms with E-state index in [4.69, 9.17) is 11.6 Å². The molecule has 89 heavy (non-hydrogen) atoms. The van der Waals surface area contributed by atoms with Gasteiger partial charge in [-0.3, -0.25) is 19.2 Å².